The molecule has 0 saturated carbocycles. The molecule has 4 nitrogen and oxygen atoms in total. The van der Waals surface area contributed by atoms with Crippen LogP contribution in [0.4, 0.5) is 11.4 Å². The number of ether oxygens (including phenoxy) is 1. The number of benzene rings is 1. The monoisotopic (exact) mass is 251 g/mol. The number of nitrogens with two attached hydrogens (primary N) is 1. The normalized spacial score (nSPS) is 10.7. The SMILES string of the molecule is CCCOc1cccc(NCCCN(C)C)c1N. The van der Waals surface area contributed by atoms with Crippen molar-refractivity contribution in [2.75, 3.05) is 44.8 Å². The van der Waals surface area contributed by atoms with Gasteiger partial charge in [-0.15, -0.1) is 0 Å². The van der Waals surface area contributed by atoms with E-state index in [-0.39, 0.29) is 0 Å². The second kappa shape index (κ2) is 7.82. The van der Waals surface area contributed by atoms with Crippen molar-refractivity contribution in [1.29, 1.82) is 0 Å². The summed E-state index contributed by atoms with van der Waals surface area (Å²) in [5, 5.41) is 3.35. The fourth-order valence-electron chi connectivity index (χ4n) is 1.65. The lowest BCUT2D eigenvalue weighted by molar-refractivity contribution is 0.319. The molecule has 1 rings (SSSR count). The van der Waals surface area contributed by atoms with Crippen LogP contribution in [-0.2, 0) is 0 Å². The molecule has 0 saturated heterocycles. The standard InChI is InChI=1S/C14H25N3O/c1-4-11-18-13-8-5-7-12(14(13)15)16-9-6-10-17(2)3/h5,7-8,16H,4,6,9-11,15H2,1-3H3. The minimum Gasteiger partial charge on any atom is -0.491 e. The molecule has 0 aliphatic rings. The molecule has 0 fully saturated rings. The van der Waals surface area contributed by atoms with Gasteiger partial charge < -0.3 is 20.7 Å². The lowest BCUT2D eigenvalue weighted by Crippen LogP contribution is -2.16. The first-order chi connectivity index (χ1) is 8.65. The van der Waals surface area contributed by atoms with E-state index < -0.39 is 0 Å². The average molecular weight is 251 g/mol. The van der Waals surface area contributed by atoms with Crippen LogP contribution in [0.1, 0.15) is 19.8 Å². The van der Waals surface area contributed by atoms with Crippen LogP contribution in [0.25, 0.3) is 0 Å². The van der Waals surface area contributed by atoms with Gasteiger partial charge >= 0.3 is 0 Å². The molecule has 1 aromatic carbocycles. The Morgan fingerprint density at radius 2 is 2.11 bits per heavy atom. The highest BCUT2D eigenvalue weighted by molar-refractivity contribution is 5.72. The molecule has 102 valence electrons. The zero-order valence-electron chi connectivity index (χ0n) is 11.7. The highest BCUT2D eigenvalue weighted by Gasteiger charge is 2.05. The highest BCUT2D eigenvalue weighted by atomic mass is 16.5. The summed E-state index contributed by atoms with van der Waals surface area (Å²) in [6.45, 7) is 4.77. The maximum atomic E-state index is 6.07. The zero-order valence-corrected chi connectivity index (χ0v) is 11.7. The van der Waals surface area contributed by atoms with Crippen molar-refractivity contribution in [2.24, 2.45) is 0 Å². The van der Waals surface area contributed by atoms with Crippen LogP contribution in [0, 0.1) is 0 Å². The molecule has 0 bridgehead atoms. The van der Waals surface area contributed by atoms with Crippen LogP contribution in [0.15, 0.2) is 18.2 Å². The van der Waals surface area contributed by atoms with Crippen molar-refractivity contribution in [3.63, 3.8) is 0 Å². The number of hydrogen-bond acceptors (Lipinski definition) is 4. The molecule has 0 spiro atoms. The van der Waals surface area contributed by atoms with E-state index in [0.717, 1.165) is 37.4 Å². The van der Waals surface area contributed by atoms with Gasteiger partial charge in [0.1, 0.15) is 5.75 Å². The second-order valence-electron chi connectivity index (χ2n) is 4.65. The van der Waals surface area contributed by atoms with Gasteiger partial charge in [-0.2, -0.15) is 0 Å². The summed E-state index contributed by atoms with van der Waals surface area (Å²) in [4.78, 5) is 2.17. The number of rotatable bonds is 8. The van der Waals surface area contributed by atoms with Crippen LogP contribution >= 0.6 is 0 Å². The fraction of sp³-hybridized carbons (Fsp3) is 0.571. The molecule has 4 heteroatoms. The third-order valence-electron chi connectivity index (χ3n) is 2.63. The summed E-state index contributed by atoms with van der Waals surface area (Å²) in [5.74, 6) is 0.773. The lowest BCUT2D eigenvalue weighted by atomic mass is 10.2. The Bertz CT molecular complexity index is 353. The van der Waals surface area contributed by atoms with Crippen LogP contribution in [0.3, 0.4) is 0 Å². The van der Waals surface area contributed by atoms with E-state index >= 15 is 0 Å². The Morgan fingerprint density at radius 3 is 2.78 bits per heavy atom. The van der Waals surface area contributed by atoms with Crippen molar-refractivity contribution in [3.8, 4) is 5.75 Å². The molecular weight excluding hydrogens is 226 g/mol. The number of nitrogens with one attached hydrogen (secondary N) is 1. The Hall–Kier alpha value is -1.42. The molecular formula is C14H25N3O. The molecule has 0 radical (unpaired) electrons. The van der Waals surface area contributed by atoms with E-state index in [0.29, 0.717) is 12.3 Å². The van der Waals surface area contributed by atoms with Gasteiger partial charge in [-0.25, -0.2) is 0 Å². The smallest absolute Gasteiger partial charge is 0.144 e. The first kappa shape index (κ1) is 14.6. The van der Waals surface area contributed by atoms with Gasteiger partial charge in [0.2, 0.25) is 0 Å². The summed E-state index contributed by atoms with van der Waals surface area (Å²) >= 11 is 0. The van der Waals surface area contributed by atoms with E-state index in [1.807, 2.05) is 18.2 Å². The fourth-order valence-corrected chi connectivity index (χ4v) is 1.65. The van der Waals surface area contributed by atoms with E-state index in [9.17, 15) is 0 Å². The molecule has 0 aliphatic heterocycles. The molecule has 1 aromatic rings. The van der Waals surface area contributed by atoms with Gasteiger partial charge in [0.05, 0.1) is 18.0 Å². The minimum absolute atomic E-state index is 0.703. The summed E-state index contributed by atoms with van der Waals surface area (Å²) in [6.07, 6.45) is 2.08. The van der Waals surface area contributed by atoms with Crippen LogP contribution in [0.2, 0.25) is 0 Å². The van der Waals surface area contributed by atoms with E-state index in [1.54, 1.807) is 0 Å². The zero-order chi connectivity index (χ0) is 13.4. The van der Waals surface area contributed by atoms with Gasteiger partial charge in [-0.3, -0.25) is 0 Å². The molecule has 0 atom stereocenters. The predicted octanol–water partition coefficient (Wildman–Crippen LogP) is 2.42. The quantitative estimate of drug-likeness (QED) is 0.550. The maximum absolute atomic E-state index is 6.07. The minimum atomic E-state index is 0.703. The molecule has 3 N–H and O–H groups in total. The van der Waals surface area contributed by atoms with Crippen molar-refractivity contribution in [2.45, 2.75) is 19.8 Å². The van der Waals surface area contributed by atoms with Crippen LogP contribution in [0.5, 0.6) is 5.75 Å². The van der Waals surface area contributed by atoms with E-state index in [2.05, 4.69) is 31.2 Å². The molecule has 0 aromatic heterocycles. The first-order valence-electron chi connectivity index (χ1n) is 6.55. The maximum Gasteiger partial charge on any atom is 0.144 e. The molecule has 18 heavy (non-hydrogen) atoms. The summed E-state index contributed by atoms with van der Waals surface area (Å²) in [7, 11) is 4.15. The Morgan fingerprint density at radius 1 is 1.33 bits per heavy atom. The first-order valence-corrected chi connectivity index (χ1v) is 6.55. The number of hydrogen-bond donors (Lipinski definition) is 2. The van der Waals surface area contributed by atoms with Crippen molar-refractivity contribution in [1.82, 2.24) is 4.90 Å². The predicted molar refractivity (Wildman–Crippen MR) is 78.3 cm³/mol. The van der Waals surface area contributed by atoms with E-state index in [4.69, 9.17) is 10.5 Å². The Labute approximate surface area is 110 Å². The topological polar surface area (TPSA) is 50.5 Å². The Kier molecular flexibility index (Phi) is 6.36. The summed E-state index contributed by atoms with van der Waals surface area (Å²) < 4.78 is 5.60. The largest absolute Gasteiger partial charge is 0.491 e. The van der Waals surface area contributed by atoms with Crippen LogP contribution in [-0.4, -0.2) is 38.7 Å². The number of para-hydroxylation sites is 1. The highest BCUT2D eigenvalue weighted by Crippen LogP contribution is 2.29. The molecule has 0 amide bonds. The third-order valence-corrected chi connectivity index (χ3v) is 2.63. The van der Waals surface area contributed by atoms with Crippen molar-refractivity contribution in [3.05, 3.63) is 18.2 Å². The third kappa shape index (κ3) is 4.84. The molecule has 0 unspecified atom stereocenters. The lowest BCUT2D eigenvalue weighted by Gasteiger charge is -2.14. The summed E-state index contributed by atoms with van der Waals surface area (Å²) in [5.41, 5.74) is 7.73. The van der Waals surface area contributed by atoms with Gasteiger partial charge in [0.15, 0.2) is 0 Å². The van der Waals surface area contributed by atoms with Gasteiger partial charge in [0.25, 0.3) is 0 Å². The Balaban J connectivity index is 2.49. The number of anilines is 2. The van der Waals surface area contributed by atoms with Gasteiger partial charge in [0, 0.05) is 6.54 Å². The van der Waals surface area contributed by atoms with Crippen molar-refractivity contribution >= 4 is 11.4 Å². The van der Waals surface area contributed by atoms with Crippen LogP contribution < -0.4 is 15.8 Å². The number of nitrogen functional groups attached to an aromatic ring is 1. The van der Waals surface area contributed by atoms with E-state index in [1.165, 1.54) is 0 Å². The molecule has 0 aliphatic carbocycles. The second-order valence-corrected chi connectivity index (χ2v) is 4.65. The van der Waals surface area contributed by atoms with Gasteiger partial charge in [-0.1, -0.05) is 13.0 Å². The molecule has 0 heterocycles. The average Bonchev–Trinajstić information content (AvgIpc) is 2.34. The number of nitrogens with zero attached hydrogens (tertiary/aromatic N) is 1. The summed E-state index contributed by atoms with van der Waals surface area (Å²) in [6, 6.07) is 5.87. The van der Waals surface area contributed by atoms with Crippen molar-refractivity contribution < 1.29 is 4.74 Å². The van der Waals surface area contributed by atoms with Gasteiger partial charge in [-0.05, 0) is 45.6 Å².